The monoisotopic (exact) mass is 241 g/mol. The van der Waals surface area contributed by atoms with Crippen molar-refractivity contribution in [2.75, 3.05) is 6.61 Å². The van der Waals surface area contributed by atoms with Crippen molar-refractivity contribution < 1.29 is 24.5 Å². The van der Waals surface area contributed by atoms with E-state index >= 15 is 0 Å². The molecule has 2 N–H and O–H groups in total. The van der Waals surface area contributed by atoms with Crippen molar-refractivity contribution >= 4 is 11.9 Å². The molecule has 0 aromatic heterocycles. The number of carboxylic acid groups (broad SMARTS) is 1. The van der Waals surface area contributed by atoms with Crippen LogP contribution < -0.4 is 0 Å². The molecular weight excluding hydrogens is 226 g/mol. The number of carbonyl (C=O) groups excluding carboxylic acids is 1. The Kier molecular flexibility index (Phi) is 3.06. The normalized spacial score (nSPS) is 29.5. The van der Waals surface area contributed by atoms with Crippen molar-refractivity contribution in [3.05, 3.63) is 11.3 Å². The Labute approximate surface area is 98.5 Å². The molecule has 0 radical (unpaired) electrons. The zero-order chi connectivity index (χ0) is 12.6. The number of rotatable bonds is 4. The number of aliphatic hydroxyl groups is 1. The topological polar surface area (TPSA) is 87.1 Å². The van der Waals surface area contributed by atoms with Gasteiger partial charge in [0.15, 0.2) is 12.3 Å². The number of nitrogens with zero attached hydrogens (tertiary/aromatic N) is 1. The molecule has 2 atom stereocenters. The molecule has 1 unspecified atom stereocenters. The van der Waals surface area contributed by atoms with Gasteiger partial charge >= 0.3 is 5.97 Å². The van der Waals surface area contributed by atoms with Gasteiger partial charge in [-0.2, -0.15) is 0 Å². The van der Waals surface area contributed by atoms with Crippen LogP contribution in [0.2, 0.25) is 0 Å². The third-order valence-electron chi connectivity index (χ3n) is 3.06. The molecular formula is C11H15NO5. The van der Waals surface area contributed by atoms with E-state index in [1.54, 1.807) is 0 Å². The predicted molar refractivity (Wildman–Crippen MR) is 56.8 cm³/mol. The summed E-state index contributed by atoms with van der Waals surface area (Å²) in [4.78, 5) is 23.7. The summed E-state index contributed by atoms with van der Waals surface area (Å²) in [5.74, 6) is -1.08. The zero-order valence-electron chi connectivity index (χ0n) is 9.55. The Morgan fingerprint density at radius 3 is 2.76 bits per heavy atom. The minimum atomic E-state index is -1.11. The van der Waals surface area contributed by atoms with E-state index in [9.17, 15) is 14.7 Å². The Hall–Kier alpha value is -1.56. The average molecular weight is 241 g/mol. The van der Waals surface area contributed by atoms with Crippen LogP contribution in [0.15, 0.2) is 11.3 Å². The first-order chi connectivity index (χ1) is 8.10. The van der Waals surface area contributed by atoms with Gasteiger partial charge in [-0.1, -0.05) is 13.3 Å². The highest BCUT2D eigenvalue weighted by Crippen LogP contribution is 2.38. The van der Waals surface area contributed by atoms with Crippen molar-refractivity contribution in [1.82, 2.24) is 4.90 Å². The highest BCUT2D eigenvalue weighted by Gasteiger charge is 2.54. The molecule has 0 bridgehead atoms. The number of aliphatic hydroxyl groups excluding tert-OH is 1. The SMILES string of the molecule is CCC/C(CO)=C1/O[C@@H]2CC(=O)N2C1C(=O)O. The van der Waals surface area contributed by atoms with Crippen LogP contribution in [0.25, 0.3) is 0 Å². The molecule has 0 aromatic rings. The van der Waals surface area contributed by atoms with Crippen LogP contribution in [-0.2, 0) is 14.3 Å². The van der Waals surface area contributed by atoms with E-state index in [-0.39, 0.29) is 24.7 Å². The van der Waals surface area contributed by atoms with E-state index in [4.69, 9.17) is 9.84 Å². The molecule has 0 aromatic carbocycles. The summed E-state index contributed by atoms with van der Waals surface area (Å²) in [6, 6.07) is -1.06. The van der Waals surface area contributed by atoms with Crippen LogP contribution in [0.3, 0.4) is 0 Å². The first-order valence-corrected chi connectivity index (χ1v) is 5.63. The largest absolute Gasteiger partial charge is 0.479 e. The van der Waals surface area contributed by atoms with E-state index < -0.39 is 18.2 Å². The summed E-state index contributed by atoms with van der Waals surface area (Å²) >= 11 is 0. The number of aliphatic carboxylic acids is 1. The molecule has 2 saturated heterocycles. The van der Waals surface area contributed by atoms with Gasteiger partial charge in [0, 0.05) is 0 Å². The van der Waals surface area contributed by atoms with Crippen LogP contribution in [0.4, 0.5) is 0 Å². The van der Waals surface area contributed by atoms with E-state index in [0.29, 0.717) is 12.0 Å². The van der Waals surface area contributed by atoms with E-state index in [1.165, 1.54) is 4.90 Å². The van der Waals surface area contributed by atoms with Crippen LogP contribution in [0.1, 0.15) is 26.2 Å². The summed E-state index contributed by atoms with van der Waals surface area (Å²) in [5.41, 5.74) is 0.571. The lowest BCUT2D eigenvalue weighted by atomic mass is 10.0. The van der Waals surface area contributed by atoms with Gasteiger partial charge in [0.05, 0.1) is 13.0 Å². The smallest absolute Gasteiger partial charge is 0.334 e. The number of amides is 1. The summed E-state index contributed by atoms with van der Waals surface area (Å²) in [7, 11) is 0. The number of hydrogen-bond acceptors (Lipinski definition) is 4. The average Bonchev–Trinajstić information content (AvgIpc) is 2.59. The van der Waals surface area contributed by atoms with E-state index in [1.807, 2.05) is 6.92 Å². The second-order valence-electron chi connectivity index (χ2n) is 4.19. The first kappa shape index (κ1) is 11.9. The van der Waals surface area contributed by atoms with Gasteiger partial charge in [0.25, 0.3) is 0 Å². The number of β-lactam (4-membered cyclic amide) rings is 1. The Balaban J connectivity index is 2.33. The van der Waals surface area contributed by atoms with Crippen LogP contribution in [0, 0.1) is 0 Å². The van der Waals surface area contributed by atoms with Crippen molar-refractivity contribution in [1.29, 1.82) is 0 Å². The fourth-order valence-electron chi connectivity index (χ4n) is 2.24. The van der Waals surface area contributed by atoms with Gasteiger partial charge in [0.2, 0.25) is 5.91 Å². The van der Waals surface area contributed by atoms with Crippen LogP contribution in [0.5, 0.6) is 0 Å². The maximum absolute atomic E-state index is 11.3. The third kappa shape index (κ3) is 1.78. The minimum Gasteiger partial charge on any atom is -0.479 e. The zero-order valence-corrected chi connectivity index (χ0v) is 9.55. The molecule has 0 saturated carbocycles. The van der Waals surface area contributed by atoms with Crippen molar-refractivity contribution in [3.63, 3.8) is 0 Å². The van der Waals surface area contributed by atoms with Crippen molar-refractivity contribution in [3.8, 4) is 0 Å². The maximum atomic E-state index is 11.3. The minimum absolute atomic E-state index is 0.216. The Bertz CT molecular complexity index is 389. The number of hydrogen-bond donors (Lipinski definition) is 2. The highest BCUT2D eigenvalue weighted by atomic mass is 16.5. The van der Waals surface area contributed by atoms with Gasteiger partial charge in [0.1, 0.15) is 5.76 Å². The van der Waals surface area contributed by atoms with Crippen molar-refractivity contribution in [2.24, 2.45) is 0 Å². The molecule has 2 heterocycles. The van der Waals surface area contributed by atoms with Gasteiger partial charge < -0.3 is 14.9 Å². The fraction of sp³-hybridized carbons (Fsp3) is 0.636. The number of ether oxygens (including phenoxy) is 1. The fourth-order valence-corrected chi connectivity index (χ4v) is 2.24. The molecule has 0 aliphatic carbocycles. The molecule has 2 rings (SSSR count). The maximum Gasteiger partial charge on any atom is 0.334 e. The molecule has 1 amide bonds. The summed E-state index contributed by atoms with van der Waals surface area (Å²) < 4.78 is 5.45. The second-order valence-corrected chi connectivity index (χ2v) is 4.19. The summed E-state index contributed by atoms with van der Waals surface area (Å²) in [6.45, 7) is 1.70. The van der Waals surface area contributed by atoms with Gasteiger partial charge in [-0.25, -0.2) is 4.79 Å². The first-order valence-electron chi connectivity index (χ1n) is 5.63. The second kappa shape index (κ2) is 4.37. The molecule has 17 heavy (non-hydrogen) atoms. The van der Waals surface area contributed by atoms with E-state index in [0.717, 1.165) is 6.42 Å². The summed E-state index contributed by atoms with van der Waals surface area (Å²) in [5, 5.41) is 18.4. The standard InChI is InChI=1S/C11H15NO5/c1-2-3-6(5-13)10-9(11(15)16)12-7(14)4-8(12)17-10/h8-9,13H,2-5H2,1H3,(H,15,16)/b10-6-/t8-,9?/m1/s1. The van der Waals surface area contributed by atoms with Gasteiger partial charge in [-0.15, -0.1) is 0 Å². The predicted octanol–water partition coefficient (Wildman–Crippen LogP) is 0.0747. The number of carboxylic acids is 1. The van der Waals surface area contributed by atoms with Crippen molar-refractivity contribution in [2.45, 2.75) is 38.5 Å². The lowest BCUT2D eigenvalue weighted by Gasteiger charge is -2.33. The molecule has 2 aliphatic rings. The third-order valence-corrected chi connectivity index (χ3v) is 3.06. The van der Waals surface area contributed by atoms with Gasteiger partial charge in [-0.3, -0.25) is 9.69 Å². The van der Waals surface area contributed by atoms with Crippen LogP contribution >= 0.6 is 0 Å². The highest BCUT2D eigenvalue weighted by molar-refractivity contribution is 5.91. The quantitative estimate of drug-likeness (QED) is 0.680. The molecule has 6 heteroatoms. The number of carbonyl (C=O) groups is 2. The molecule has 2 fully saturated rings. The van der Waals surface area contributed by atoms with Gasteiger partial charge in [-0.05, 0) is 12.0 Å². The summed E-state index contributed by atoms with van der Waals surface area (Å²) in [6.07, 6.45) is 1.12. The molecule has 0 spiro atoms. The number of fused-ring (bicyclic) bond motifs is 1. The Morgan fingerprint density at radius 1 is 1.59 bits per heavy atom. The van der Waals surface area contributed by atoms with Crippen LogP contribution in [-0.4, -0.2) is 45.9 Å². The Morgan fingerprint density at radius 2 is 2.29 bits per heavy atom. The lowest BCUT2D eigenvalue weighted by molar-refractivity contribution is -0.163. The lowest BCUT2D eigenvalue weighted by Crippen LogP contribution is -2.54. The molecule has 2 aliphatic heterocycles. The molecule has 94 valence electrons. The van der Waals surface area contributed by atoms with E-state index in [2.05, 4.69) is 0 Å². The molecule has 6 nitrogen and oxygen atoms in total.